The van der Waals surface area contributed by atoms with E-state index in [4.69, 9.17) is 9.47 Å². The number of hydrogen-bond acceptors (Lipinski definition) is 3. The molecule has 0 amide bonds. The second-order valence-corrected chi connectivity index (χ2v) is 9.50. The second-order valence-electron chi connectivity index (χ2n) is 9.50. The van der Waals surface area contributed by atoms with Crippen molar-refractivity contribution in [1.29, 1.82) is 0 Å². The molecule has 3 nitrogen and oxygen atoms in total. The highest BCUT2D eigenvalue weighted by atomic mass is 16.6. The molecule has 0 saturated carbocycles. The van der Waals surface area contributed by atoms with Crippen LogP contribution < -0.4 is 4.74 Å². The van der Waals surface area contributed by atoms with Gasteiger partial charge in [-0.05, 0) is 18.6 Å². The van der Waals surface area contributed by atoms with E-state index in [1.165, 1.54) is 109 Å². The average Bonchev–Trinajstić information content (AvgIpc) is 2.84. The van der Waals surface area contributed by atoms with Crippen molar-refractivity contribution in [2.75, 3.05) is 13.2 Å². The predicted molar refractivity (Wildman–Crippen MR) is 141 cm³/mol. The van der Waals surface area contributed by atoms with E-state index in [1.54, 1.807) is 0 Å². The number of unbranched alkanes of at least 4 members (excludes halogenated alkanes) is 18. The second kappa shape index (κ2) is 23.6. The number of para-hydroxylation sites is 1. The summed E-state index contributed by atoms with van der Waals surface area (Å²) in [6, 6.07) is 9.62. The van der Waals surface area contributed by atoms with Gasteiger partial charge >= 0.3 is 5.97 Å². The van der Waals surface area contributed by atoms with Gasteiger partial charge in [0.1, 0.15) is 19.0 Å². The minimum absolute atomic E-state index is 0.0985. The molecule has 33 heavy (non-hydrogen) atoms. The summed E-state index contributed by atoms with van der Waals surface area (Å²) in [5.41, 5.74) is 0. The first kappa shape index (κ1) is 29.5. The van der Waals surface area contributed by atoms with Crippen molar-refractivity contribution in [2.24, 2.45) is 0 Å². The zero-order valence-electron chi connectivity index (χ0n) is 21.7. The van der Waals surface area contributed by atoms with E-state index in [0.29, 0.717) is 19.6 Å². The van der Waals surface area contributed by atoms with Gasteiger partial charge in [-0.3, -0.25) is 4.79 Å². The minimum Gasteiger partial charge on any atom is -0.490 e. The van der Waals surface area contributed by atoms with Crippen LogP contribution in [0.4, 0.5) is 0 Å². The molecular formula is C30H52O3. The summed E-state index contributed by atoms with van der Waals surface area (Å²) >= 11 is 0. The summed E-state index contributed by atoms with van der Waals surface area (Å²) in [4.78, 5) is 11.8. The largest absolute Gasteiger partial charge is 0.490 e. The van der Waals surface area contributed by atoms with Crippen LogP contribution in [0.15, 0.2) is 30.3 Å². The molecule has 0 saturated heterocycles. The molecule has 0 aliphatic rings. The van der Waals surface area contributed by atoms with Crippen LogP contribution in [0, 0.1) is 0 Å². The molecular weight excluding hydrogens is 408 g/mol. The van der Waals surface area contributed by atoms with Crippen molar-refractivity contribution in [3.05, 3.63) is 30.3 Å². The maximum absolute atomic E-state index is 11.8. The van der Waals surface area contributed by atoms with Crippen molar-refractivity contribution in [2.45, 2.75) is 135 Å². The topological polar surface area (TPSA) is 35.5 Å². The number of ether oxygens (including phenoxy) is 2. The Morgan fingerprint density at radius 3 is 1.45 bits per heavy atom. The van der Waals surface area contributed by atoms with E-state index < -0.39 is 0 Å². The van der Waals surface area contributed by atoms with Crippen molar-refractivity contribution in [3.8, 4) is 5.75 Å². The molecule has 1 aromatic carbocycles. The van der Waals surface area contributed by atoms with Gasteiger partial charge in [0, 0.05) is 6.42 Å². The highest BCUT2D eigenvalue weighted by molar-refractivity contribution is 5.69. The van der Waals surface area contributed by atoms with Crippen LogP contribution >= 0.6 is 0 Å². The van der Waals surface area contributed by atoms with Crippen molar-refractivity contribution < 1.29 is 14.3 Å². The zero-order chi connectivity index (χ0) is 23.7. The van der Waals surface area contributed by atoms with E-state index >= 15 is 0 Å². The SMILES string of the molecule is CCCCCCCCCCCCCCCCCCCCCC(=O)OCCOc1ccccc1. The van der Waals surface area contributed by atoms with Gasteiger partial charge in [0.05, 0.1) is 0 Å². The Morgan fingerprint density at radius 2 is 1.00 bits per heavy atom. The first-order valence-electron chi connectivity index (χ1n) is 14.2. The summed E-state index contributed by atoms with van der Waals surface area (Å²) in [5.74, 6) is 0.714. The van der Waals surface area contributed by atoms with Crippen molar-refractivity contribution >= 4 is 5.97 Å². The Balaban J connectivity index is 1.71. The fourth-order valence-electron chi connectivity index (χ4n) is 4.25. The Hall–Kier alpha value is -1.51. The van der Waals surface area contributed by atoms with Crippen LogP contribution in [0.5, 0.6) is 5.75 Å². The van der Waals surface area contributed by atoms with Crippen LogP contribution in [0.1, 0.15) is 135 Å². The van der Waals surface area contributed by atoms with Gasteiger partial charge in [-0.1, -0.05) is 141 Å². The van der Waals surface area contributed by atoms with Crippen LogP contribution in [-0.2, 0) is 9.53 Å². The minimum atomic E-state index is -0.0985. The Kier molecular flexibility index (Phi) is 21.1. The summed E-state index contributed by atoms with van der Waals surface area (Å²) in [5, 5.41) is 0. The molecule has 3 heteroatoms. The molecule has 1 aromatic rings. The van der Waals surface area contributed by atoms with Crippen molar-refractivity contribution in [3.63, 3.8) is 0 Å². The van der Waals surface area contributed by atoms with Crippen molar-refractivity contribution in [1.82, 2.24) is 0 Å². The zero-order valence-corrected chi connectivity index (χ0v) is 21.7. The summed E-state index contributed by atoms with van der Waals surface area (Å²) in [7, 11) is 0. The third-order valence-electron chi connectivity index (χ3n) is 6.34. The highest BCUT2D eigenvalue weighted by Gasteiger charge is 2.03. The highest BCUT2D eigenvalue weighted by Crippen LogP contribution is 2.15. The molecule has 0 fully saturated rings. The number of hydrogen-bond donors (Lipinski definition) is 0. The molecule has 190 valence electrons. The van der Waals surface area contributed by atoms with E-state index in [1.807, 2.05) is 30.3 Å². The first-order chi connectivity index (χ1) is 16.3. The molecule has 0 unspecified atom stereocenters. The van der Waals surface area contributed by atoms with Gasteiger partial charge < -0.3 is 9.47 Å². The molecule has 0 atom stereocenters. The fraction of sp³-hybridized carbons (Fsp3) is 0.767. The van der Waals surface area contributed by atoms with Gasteiger partial charge in [0.15, 0.2) is 0 Å². The van der Waals surface area contributed by atoms with Gasteiger partial charge in [-0.2, -0.15) is 0 Å². The average molecular weight is 461 g/mol. The van der Waals surface area contributed by atoms with Crippen LogP contribution in [0.25, 0.3) is 0 Å². The van der Waals surface area contributed by atoms with Gasteiger partial charge in [-0.15, -0.1) is 0 Å². The lowest BCUT2D eigenvalue weighted by atomic mass is 10.0. The van der Waals surface area contributed by atoms with E-state index in [-0.39, 0.29) is 5.97 Å². The molecule has 1 rings (SSSR count). The van der Waals surface area contributed by atoms with Crippen LogP contribution in [0.2, 0.25) is 0 Å². The standard InChI is InChI=1S/C30H52O3/c1-2-3-4-5-6-7-8-9-10-11-12-13-14-15-16-17-18-19-23-26-30(31)33-28-27-32-29-24-21-20-22-25-29/h20-22,24-25H,2-19,23,26-28H2,1H3. The van der Waals surface area contributed by atoms with Gasteiger partial charge in [0.25, 0.3) is 0 Å². The first-order valence-corrected chi connectivity index (χ1v) is 14.2. The number of esters is 1. The lowest BCUT2D eigenvalue weighted by Crippen LogP contribution is -2.11. The molecule has 0 N–H and O–H groups in total. The van der Waals surface area contributed by atoms with E-state index in [9.17, 15) is 4.79 Å². The predicted octanol–water partition coefficient (Wildman–Crippen LogP) is 9.43. The summed E-state index contributed by atoms with van der Waals surface area (Å²) < 4.78 is 10.8. The van der Waals surface area contributed by atoms with E-state index in [0.717, 1.165) is 18.6 Å². The molecule has 0 bridgehead atoms. The summed E-state index contributed by atoms with van der Waals surface area (Å²) in [6.45, 7) is 3.03. The number of benzene rings is 1. The normalized spacial score (nSPS) is 10.9. The van der Waals surface area contributed by atoms with Gasteiger partial charge in [-0.25, -0.2) is 0 Å². The lowest BCUT2D eigenvalue weighted by molar-refractivity contribution is -0.144. The number of carbonyl (C=O) groups excluding carboxylic acids is 1. The fourth-order valence-corrected chi connectivity index (χ4v) is 4.25. The van der Waals surface area contributed by atoms with Gasteiger partial charge in [0.2, 0.25) is 0 Å². The number of rotatable bonds is 24. The molecule has 0 radical (unpaired) electrons. The maximum atomic E-state index is 11.8. The quantitative estimate of drug-likeness (QED) is 0.114. The Bertz CT molecular complexity index is 529. The molecule has 0 aliphatic carbocycles. The molecule has 0 aromatic heterocycles. The third-order valence-corrected chi connectivity index (χ3v) is 6.34. The lowest BCUT2D eigenvalue weighted by Gasteiger charge is -2.07. The summed E-state index contributed by atoms with van der Waals surface area (Å²) in [6.07, 6.45) is 26.5. The molecule has 0 spiro atoms. The van der Waals surface area contributed by atoms with E-state index in [2.05, 4.69) is 6.92 Å². The third kappa shape index (κ3) is 20.8. The molecule has 0 heterocycles. The Labute approximate surface area is 205 Å². The monoisotopic (exact) mass is 460 g/mol. The molecule has 0 aliphatic heterocycles. The van der Waals surface area contributed by atoms with Crippen LogP contribution in [-0.4, -0.2) is 19.2 Å². The smallest absolute Gasteiger partial charge is 0.305 e. The maximum Gasteiger partial charge on any atom is 0.305 e. The number of carbonyl (C=O) groups is 1. The Morgan fingerprint density at radius 1 is 0.576 bits per heavy atom. The van der Waals surface area contributed by atoms with Crippen LogP contribution in [0.3, 0.4) is 0 Å².